The lowest BCUT2D eigenvalue weighted by Crippen LogP contribution is -2.48. The number of rotatable bonds is 7. The SMILES string of the molecule is CCOC(CN1CCCC(N(C)C)C1)OCC. The molecule has 0 aliphatic carbocycles. The Hall–Kier alpha value is -0.160. The molecular weight excluding hydrogens is 216 g/mol. The summed E-state index contributed by atoms with van der Waals surface area (Å²) in [5.74, 6) is 0. The zero-order valence-corrected chi connectivity index (χ0v) is 11.8. The maximum absolute atomic E-state index is 5.60. The molecule has 1 aliphatic rings. The molecule has 102 valence electrons. The number of likely N-dealkylation sites (N-methyl/N-ethyl adjacent to an activating group) is 1. The van der Waals surface area contributed by atoms with Crippen LogP contribution < -0.4 is 0 Å². The van der Waals surface area contributed by atoms with E-state index < -0.39 is 0 Å². The topological polar surface area (TPSA) is 24.9 Å². The van der Waals surface area contributed by atoms with Gasteiger partial charge in [-0.2, -0.15) is 0 Å². The van der Waals surface area contributed by atoms with Crippen molar-refractivity contribution in [3.63, 3.8) is 0 Å². The average molecular weight is 244 g/mol. The van der Waals surface area contributed by atoms with Gasteiger partial charge < -0.3 is 14.4 Å². The third-order valence-corrected chi connectivity index (χ3v) is 3.32. The van der Waals surface area contributed by atoms with Crippen LogP contribution in [0.3, 0.4) is 0 Å². The van der Waals surface area contributed by atoms with Gasteiger partial charge in [-0.25, -0.2) is 0 Å². The van der Waals surface area contributed by atoms with Gasteiger partial charge in [-0.05, 0) is 47.3 Å². The Labute approximate surface area is 106 Å². The molecule has 1 fully saturated rings. The van der Waals surface area contributed by atoms with E-state index in [1.54, 1.807) is 0 Å². The van der Waals surface area contributed by atoms with Crippen LogP contribution in [0.1, 0.15) is 26.7 Å². The van der Waals surface area contributed by atoms with Gasteiger partial charge in [0.05, 0.1) is 0 Å². The Bertz CT molecular complexity index is 194. The number of hydrogen-bond donors (Lipinski definition) is 0. The van der Waals surface area contributed by atoms with E-state index in [4.69, 9.17) is 9.47 Å². The van der Waals surface area contributed by atoms with Gasteiger partial charge in [0.2, 0.25) is 0 Å². The monoisotopic (exact) mass is 244 g/mol. The molecule has 17 heavy (non-hydrogen) atoms. The van der Waals surface area contributed by atoms with Crippen LogP contribution in [-0.4, -0.2) is 69.1 Å². The number of likely N-dealkylation sites (tertiary alicyclic amines) is 1. The lowest BCUT2D eigenvalue weighted by atomic mass is 10.1. The van der Waals surface area contributed by atoms with Gasteiger partial charge in [-0.1, -0.05) is 0 Å². The van der Waals surface area contributed by atoms with E-state index in [1.807, 2.05) is 13.8 Å². The van der Waals surface area contributed by atoms with Crippen molar-refractivity contribution in [1.82, 2.24) is 9.80 Å². The van der Waals surface area contributed by atoms with Crippen molar-refractivity contribution in [2.45, 2.75) is 39.0 Å². The smallest absolute Gasteiger partial charge is 0.170 e. The minimum atomic E-state index is -0.0640. The van der Waals surface area contributed by atoms with Crippen LogP contribution in [0.5, 0.6) is 0 Å². The summed E-state index contributed by atoms with van der Waals surface area (Å²) >= 11 is 0. The second kappa shape index (κ2) is 8.03. The van der Waals surface area contributed by atoms with E-state index in [0.717, 1.165) is 26.3 Å². The highest BCUT2D eigenvalue weighted by Gasteiger charge is 2.23. The minimum Gasteiger partial charge on any atom is -0.352 e. The summed E-state index contributed by atoms with van der Waals surface area (Å²) in [7, 11) is 4.33. The van der Waals surface area contributed by atoms with Gasteiger partial charge >= 0.3 is 0 Å². The first-order chi connectivity index (χ1) is 8.17. The molecule has 0 radical (unpaired) electrons. The van der Waals surface area contributed by atoms with E-state index in [0.29, 0.717) is 6.04 Å². The van der Waals surface area contributed by atoms with Gasteiger partial charge in [0, 0.05) is 32.3 Å². The fourth-order valence-corrected chi connectivity index (χ4v) is 2.35. The van der Waals surface area contributed by atoms with Gasteiger partial charge in [0.25, 0.3) is 0 Å². The van der Waals surface area contributed by atoms with E-state index in [1.165, 1.54) is 19.4 Å². The molecule has 1 atom stereocenters. The Morgan fingerprint density at radius 3 is 2.41 bits per heavy atom. The standard InChI is InChI=1S/C13H28N2O2/c1-5-16-13(17-6-2)11-15-9-7-8-12(10-15)14(3)4/h12-13H,5-11H2,1-4H3. The number of hydrogen-bond acceptors (Lipinski definition) is 4. The lowest BCUT2D eigenvalue weighted by Gasteiger charge is -2.37. The maximum Gasteiger partial charge on any atom is 0.170 e. The van der Waals surface area contributed by atoms with Gasteiger partial charge in [-0.15, -0.1) is 0 Å². The molecule has 1 aliphatic heterocycles. The molecule has 0 N–H and O–H groups in total. The summed E-state index contributed by atoms with van der Waals surface area (Å²) in [4.78, 5) is 4.78. The minimum absolute atomic E-state index is 0.0640. The number of nitrogens with zero attached hydrogens (tertiary/aromatic N) is 2. The molecule has 0 aromatic rings. The highest BCUT2D eigenvalue weighted by Crippen LogP contribution is 2.14. The molecule has 0 aromatic carbocycles. The summed E-state index contributed by atoms with van der Waals surface area (Å²) in [6.07, 6.45) is 2.51. The second-order valence-electron chi connectivity index (χ2n) is 4.86. The van der Waals surface area contributed by atoms with Gasteiger partial charge in [0.1, 0.15) is 0 Å². The second-order valence-corrected chi connectivity index (χ2v) is 4.86. The fraction of sp³-hybridized carbons (Fsp3) is 1.00. The molecule has 1 rings (SSSR count). The Balaban J connectivity index is 2.37. The molecule has 1 saturated heterocycles. The normalized spacial score (nSPS) is 22.6. The molecule has 0 bridgehead atoms. The molecule has 0 aromatic heterocycles. The van der Waals surface area contributed by atoms with E-state index in [9.17, 15) is 0 Å². The van der Waals surface area contributed by atoms with E-state index in [2.05, 4.69) is 23.9 Å². The third kappa shape index (κ3) is 5.34. The van der Waals surface area contributed by atoms with Crippen molar-refractivity contribution in [3.05, 3.63) is 0 Å². The maximum atomic E-state index is 5.60. The summed E-state index contributed by atoms with van der Waals surface area (Å²) in [5.41, 5.74) is 0. The summed E-state index contributed by atoms with van der Waals surface area (Å²) in [6.45, 7) is 8.66. The van der Waals surface area contributed by atoms with Crippen LogP contribution in [0.15, 0.2) is 0 Å². The van der Waals surface area contributed by atoms with Crippen molar-refractivity contribution in [3.8, 4) is 0 Å². The Morgan fingerprint density at radius 1 is 1.24 bits per heavy atom. The Morgan fingerprint density at radius 2 is 1.88 bits per heavy atom. The molecule has 4 heteroatoms. The van der Waals surface area contributed by atoms with Crippen LogP contribution in [-0.2, 0) is 9.47 Å². The zero-order valence-electron chi connectivity index (χ0n) is 11.8. The Kier molecular flexibility index (Phi) is 7.04. The predicted molar refractivity (Wildman–Crippen MR) is 70.2 cm³/mol. The quantitative estimate of drug-likeness (QED) is 0.632. The van der Waals surface area contributed by atoms with Crippen molar-refractivity contribution in [1.29, 1.82) is 0 Å². The molecule has 0 spiro atoms. The van der Waals surface area contributed by atoms with Crippen molar-refractivity contribution < 1.29 is 9.47 Å². The van der Waals surface area contributed by atoms with Gasteiger partial charge in [0.15, 0.2) is 6.29 Å². The summed E-state index contributed by atoms with van der Waals surface area (Å²) in [5, 5.41) is 0. The molecule has 1 heterocycles. The average Bonchev–Trinajstić information content (AvgIpc) is 2.30. The van der Waals surface area contributed by atoms with Crippen LogP contribution >= 0.6 is 0 Å². The molecular formula is C13H28N2O2. The van der Waals surface area contributed by atoms with Crippen LogP contribution in [0.2, 0.25) is 0 Å². The fourth-order valence-electron chi connectivity index (χ4n) is 2.35. The first-order valence-corrected chi connectivity index (χ1v) is 6.79. The third-order valence-electron chi connectivity index (χ3n) is 3.32. The van der Waals surface area contributed by atoms with Crippen LogP contribution in [0, 0.1) is 0 Å². The first-order valence-electron chi connectivity index (χ1n) is 6.79. The van der Waals surface area contributed by atoms with E-state index >= 15 is 0 Å². The summed E-state index contributed by atoms with van der Waals surface area (Å²) in [6, 6.07) is 0.674. The first kappa shape index (κ1) is 14.9. The predicted octanol–water partition coefficient (Wildman–Crippen LogP) is 1.41. The van der Waals surface area contributed by atoms with Crippen LogP contribution in [0.25, 0.3) is 0 Å². The number of ether oxygens (including phenoxy) is 2. The highest BCUT2D eigenvalue weighted by atomic mass is 16.7. The zero-order chi connectivity index (χ0) is 12.7. The van der Waals surface area contributed by atoms with Crippen molar-refractivity contribution in [2.24, 2.45) is 0 Å². The molecule has 0 saturated carbocycles. The van der Waals surface area contributed by atoms with Crippen molar-refractivity contribution in [2.75, 3.05) is 46.9 Å². The summed E-state index contributed by atoms with van der Waals surface area (Å²) < 4.78 is 11.2. The van der Waals surface area contributed by atoms with Gasteiger partial charge in [-0.3, -0.25) is 4.90 Å². The number of piperidine rings is 1. The highest BCUT2D eigenvalue weighted by molar-refractivity contribution is 4.78. The van der Waals surface area contributed by atoms with Crippen molar-refractivity contribution >= 4 is 0 Å². The van der Waals surface area contributed by atoms with E-state index in [-0.39, 0.29) is 6.29 Å². The lowest BCUT2D eigenvalue weighted by molar-refractivity contribution is -0.149. The molecule has 1 unspecified atom stereocenters. The largest absolute Gasteiger partial charge is 0.352 e. The van der Waals surface area contributed by atoms with Crippen LogP contribution in [0.4, 0.5) is 0 Å². The molecule has 4 nitrogen and oxygen atoms in total. The molecule has 0 amide bonds.